The number of fused-ring (bicyclic) bond motifs is 4. The lowest BCUT2D eigenvalue weighted by atomic mass is 9.90. The van der Waals surface area contributed by atoms with Crippen molar-refractivity contribution in [1.82, 2.24) is 4.98 Å². The minimum atomic E-state index is -0.423. The van der Waals surface area contributed by atoms with Crippen LogP contribution in [-0.2, 0) is 12.8 Å². The zero-order valence-electron chi connectivity index (χ0n) is 18.6. The summed E-state index contributed by atoms with van der Waals surface area (Å²) in [6.07, 6.45) is 1.60. The number of anilines is 3. The lowest BCUT2D eigenvalue weighted by Gasteiger charge is -2.15. The van der Waals surface area contributed by atoms with E-state index in [1.807, 2.05) is 29.6 Å². The van der Waals surface area contributed by atoms with E-state index in [2.05, 4.69) is 34.6 Å². The number of amides is 1. The summed E-state index contributed by atoms with van der Waals surface area (Å²) in [7, 11) is 0. The van der Waals surface area contributed by atoms with Gasteiger partial charge in [0.05, 0.1) is 11.3 Å². The van der Waals surface area contributed by atoms with Gasteiger partial charge >= 0.3 is 0 Å². The van der Waals surface area contributed by atoms with Crippen LogP contribution in [0.2, 0.25) is 0 Å². The molecular formula is C26H16N6OS3. The van der Waals surface area contributed by atoms with Crippen LogP contribution in [0.4, 0.5) is 16.5 Å². The third-order valence-corrected chi connectivity index (χ3v) is 9.41. The highest BCUT2D eigenvalue weighted by molar-refractivity contribution is 7.22. The zero-order valence-corrected chi connectivity index (χ0v) is 21.0. The van der Waals surface area contributed by atoms with Crippen LogP contribution in [0.1, 0.15) is 31.9 Å². The van der Waals surface area contributed by atoms with E-state index in [1.165, 1.54) is 28.2 Å². The molecule has 7 nitrogen and oxygen atoms in total. The summed E-state index contributed by atoms with van der Waals surface area (Å²) in [4.78, 5) is 20.4. The summed E-state index contributed by atoms with van der Waals surface area (Å²) in [6.45, 7) is 0. The number of carbonyl (C=O) groups is 1. The van der Waals surface area contributed by atoms with Gasteiger partial charge in [0.1, 0.15) is 38.2 Å². The Bertz CT molecular complexity index is 1780. The SMILES string of the molecule is N#Cc1c(NC(=O)c2sc3nc(N)c(C#N)c(-c4cccs4)c3c2N)sc2c1CCc1ccccc1-2. The number of thiophene rings is 3. The molecule has 6 rings (SSSR count). The number of nitrogen functional groups attached to an aromatic ring is 2. The Labute approximate surface area is 217 Å². The Morgan fingerprint density at radius 1 is 1.03 bits per heavy atom. The molecule has 0 saturated heterocycles. The van der Waals surface area contributed by atoms with Gasteiger partial charge in [0.2, 0.25) is 0 Å². The number of nitrogens with zero attached hydrogens (tertiary/aromatic N) is 3. The van der Waals surface area contributed by atoms with Crippen LogP contribution in [0.25, 0.3) is 31.1 Å². The van der Waals surface area contributed by atoms with Crippen LogP contribution in [-0.4, -0.2) is 10.9 Å². The molecule has 0 saturated carbocycles. The van der Waals surface area contributed by atoms with Gasteiger partial charge in [-0.15, -0.1) is 34.0 Å². The van der Waals surface area contributed by atoms with Crippen LogP contribution in [0.3, 0.4) is 0 Å². The Morgan fingerprint density at radius 2 is 1.83 bits per heavy atom. The third kappa shape index (κ3) is 3.28. The molecule has 0 atom stereocenters. The van der Waals surface area contributed by atoms with Crippen molar-refractivity contribution in [2.45, 2.75) is 12.8 Å². The van der Waals surface area contributed by atoms with Crippen molar-refractivity contribution in [3.05, 3.63) is 68.9 Å². The summed E-state index contributed by atoms with van der Waals surface area (Å²) >= 11 is 3.98. The minimum Gasteiger partial charge on any atom is -0.397 e. The molecule has 5 N–H and O–H groups in total. The highest BCUT2D eigenvalue weighted by Gasteiger charge is 2.28. The molecule has 36 heavy (non-hydrogen) atoms. The number of hydrogen-bond donors (Lipinski definition) is 3. The number of aryl methyl sites for hydroxylation is 1. The highest BCUT2D eigenvalue weighted by atomic mass is 32.1. The first-order valence-electron chi connectivity index (χ1n) is 10.9. The number of carbonyl (C=O) groups excluding carboxylic acids is 1. The predicted molar refractivity (Wildman–Crippen MR) is 146 cm³/mol. The van der Waals surface area contributed by atoms with Gasteiger partial charge in [0.25, 0.3) is 5.91 Å². The Morgan fingerprint density at radius 3 is 2.58 bits per heavy atom. The van der Waals surface area contributed by atoms with E-state index < -0.39 is 5.91 Å². The quantitative estimate of drug-likeness (QED) is 0.264. The second kappa shape index (κ2) is 8.47. The molecule has 1 aromatic carbocycles. The number of nitrogens with one attached hydrogen (secondary N) is 1. The molecule has 0 spiro atoms. The van der Waals surface area contributed by atoms with Crippen LogP contribution in [0.15, 0.2) is 41.8 Å². The van der Waals surface area contributed by atoms with Gasteiger partial charge in [-0.2, -0.15) is 10.5 Å². The molecule has 1 aliphatic carbocycles. The zero-order chi connectivity index (χ0) is 25.0. The number of hydrogen-bond acceptors (Lipinski definition) is 9. The van der Waals surface area contributed by atoms with Gasteiger partial charge in [-0.05, 0) is 41.0 Å². The number of aromatic nitrogens is 1. The van der Waals surface area contributed by atoms with Crippen molar-refractivity contribution < 1.29 is 4.79 Å². The maximum absolute atomic E-state index is 13.5. The first kappa shape index (κ1) is 22.3. The second-order valence-corrected chi connectivity index (χ2v) is 11.2. The van der Waals surface area contributed by atoms with Gasteiger partial charge in [-0.3, -0.25) is 4.79 Å². The number of nitrogens with two attached hydrogens (primary N) is 2. The van der Waals surface area contributed by atoms with Gasteiger partial charge in [0.15, 0.2) is 0 Å². The fourth-order valence-corrected chi connectivity index (χ4v) is 7.67. The maximum atomic E-state index is 13.5. The molecular weight excluding hydrogens is 509 g/mol. The highest BCUT2D eigenvalue weighted by Crippen LogP contribution is 2.46. The molecule has 4 aromatic heterocycles. The van der Waals surface area contributed by atoms with E-state index in [1.54, 1.807) is 0 Å². The monoisotopic (exact) mass is 524 g/mol. The second-order valence-electron chi connectivity index (χ2n) is 8.20. The smallest absolute Gasteiger partial charge is 0.268 e. The summed E-state index contributed by atoms with van der Waals surface area (Å²) in [6, 6.07) is 16.3. The van der Waals surface area contributed by atoms with E-state index in [4.69, 9.17) is 11.5 Å². The lowest BCUT2D eigenvalue weighted by molar-refractivity contribution is 0.103. The average molecular weight is 525 g/mol. The molecule has 10 heteroatoms. The fourth-order valence-electron chi connectivity index (χ4n) is 4.63. The first-order chi connectivity index (χ1) is 17.5. The molecule has 1 amide bonds. The molecule has 4 heterocycles. The molecule has 0 aliphatic heterocycles. The average Bonchev–Trinajstić information content (AvgIpc) is 3.61. The molecule has 174 valence electrons. The Balaban J connectivity index is 1.46. The number of rotatable bonds is 3. The molecule has 0 fully saturated rings. The Kier molecular flexibility index (Phi) is 5.23. The number of pyridine rings is 1. The predicted octanol–water partition coefficient (Wildman–Crippen LogP) is 6.01. The van der Waals surface area contributed by atoms with Gasteiger partial charge in [0, 0.05) is 20.7 Å². The van der Waals surface area contributed by atoms with E-state index in [9.17, 15) is 15.3 Å². The number of benzene rings is 1. The van der Waals surface area contributed by atoms with E-state index in [0.717, 1.165) is 45.1 Å². The minimum absolute atomic E-state index is 0.0953. The number of nitriles is 2. The fraction of sp³-hybridized carbons (Fsp3) is 0.0769. The van der Waals surface area contributed by atoms with Crippen molar-refractivity contribution in [2.24, 2.45) is 0 Å². The Hall–Kier alpha value is -4.22. The molecule has 5 aromatic rings. The molecule has 0 bridgehead atoms. The van der Waals surface area contributed by atoms with Gasteiger partial charge in [-0.1, -0.05) is 30.3 Å². The van der Waals surface area contributed by atoms with Crippen molar-refractivity contribution in [3.63, 3.8) is 0 Å². The van der Waals surface area contributed by atoms with Crippen LogP contribution in [0, 0.1) is 22.7 Å². The lowest BCUT2D eigenvalue weighted by Crippen LogP contribution is -2.12. The van der Waals surface area contributed by atoms with Gasteiger partial charge < -0.3 is 16.8 Å². The van der Waals surface area contributed by atoms with Crippen molar-refractivity contribution >= 4 is 66.6 Å². The van der Waals surface area contributed by atoms with E-state index >= 15 is 0 Å². The van der Waals surface area contributed by atoms with E-state index in [0.29, 0.717) is 26.3 Å². The largest absolute Gasteiger partial charge is 0.397 e. The molecule has 0 radical (unpaired) electrons. The van der Waals surface area contributed by atoms with Crippen molar-refractivity contribution in [3.8, 4) is 33.0 Å². The van der Waals surface area contributed by atoms with Crippen molar-refractivity contribution in [1.29, 1.82) is 10.5 Å². The van der Waals surface area contributed by atoms with Crippen molar-refractivity contribution in [2.75, 3.05) is 16.8 Å². The normalized spacial score (nSPS) is 11.9. The molecule has 0 unspecified atom stereocenters. The first-order valence-corrected chi connectivity index (χ1v) is 13.4. The van der Waals surface area contributed by atoms with Crippen LogP contribution in [0.5, 0.6) is 0 Å². The summed E-state index contributed by atoms with van der Waals surface area (Å²) < 4.78 is 0. The summed E-state index contributed by atoms with van der Waals surface area (Å²) in [5.41, 5.74) is 17.5. The van der Waals surface area contributed by atoms with Crippen LogP contribution >= 0.6 is 34.0 Å². The van der Waals surface area contributed by atoms with Crippen LogP contribution < -0.4 is 16.8 Å². The topological polar surface area (TPSA) is 142 Å². The maximum Gasteiger partial charge on any atom is 0.268 e. The van der Waals surface area contributed by atoms with E-state index in [-0.39, 0.29) is 21.9 Å². The summed E-state index contributed by atoms with van der Waals surface area (Å²) in [5.74, 6) is -0.328. The standard InChI is InChI=1S/C26H16N6OS3/c27-10-15-14-8-7-12-4-1-2-5-13(12)21(14)35-25(15)32-24(33)22-20(29)19-18(17-6-3-9-34-17)16(11-28)23(30)31-26(19)36-22/h1-6,9H,7-8,29H2,(H2,30,31)(H,32,33). The van der Waals surface area contributed by atoms with Gasteiger partial charge in [-0.25, -0.2) is 4.98 Å². The summed E-state index contributed by atoms with van der Waals surface area (Å²) in [5, 5.41) is 25.6. The molecule has 1 aliphatic rings. The third-order valence-electron chi connectivity index (χ3n) is 6.24.